The van der Waals surface area contributed by atoms with Crippen LogP contribution < -0.4 is 10.6 Å². The van der Waals surface area contributed by atoms with E-state index in [2.05, 4.69) is 10.6 Å². The summed E-state index contributed by atoms with van der Waals surface area (Å²) in [6, 6.07) is 5.93. The van der Waals surface area contributed by atoms with E-state index in [9.17, 15) is 24.3 Å². The predicted molar refractivity (Wildman–Crippen MR) is 91.3 cm³/mol. The van der Waals surface area contributed by atoms with Crippen LogP contribution in [0.3, 0.4) is 0 Å². The lowest BCUT2D eigenvalue weighted by Crippen LogP contribution is -2.45. The maximum atomic E-state index is 12.9. The average molecular weight is 359 g/mol. The van der Waals surface area contributed by atoms with Crippen LogP contribution in [0.15, 0.2) is 24.3 Å². The van der Waals surface area contributed by atoms with Crippen molar-refractivity contribution in [3.05, 3.63) is 35.4 Å². The molecule has 138 valence electrons. The van der Waals surface area contributed by atoms with Crippen LogP contribution >= 0.6 is 0 Å². The molecule has 4 amide bonds. The Morgan fingerprint density at radius 3 is 2.62 bits per heavy atom. The number of likely N-dealkylation sites (tertiary alicyclic amines) is 1. The number of amides is 4. The van der Waals surface area contributed by atoms with Gasteiger partial charge in [0.05, 0.1) is 5.92 Å². The minimum absolute atomic E-state index is 0.0920. The number of carbonyl (C=O) groups is 4. The van der Waals surface area contributed by atoms with E-state index in [1.165, 1.54) is 0 Å². The largest absolute Gasteiger partial charge is 0.481 e. The van der Waals surface area contributed by atoms with Gasteiger partial charge in [0.15, 0.2) is 0 Å². The van der Waals surface area contributed by atoms with Crippen molar-refractivity contribution in [1.29, 1.82) is 0 Å². The SMILES string of the molecule is CC1CC(C(=O)O)CN(C(=O)c2cccc(C3(C)NC(=O)NC3=O)c2)C1. The van der Waals surface area contributed by atoms with Gasteiger partial charge in [-0.2, -0.15) is 0 Å². The van der Waals surface area contributed by atoms with Crippen LogP contribution in [0.2, 0.25) is 0 Å². The van der Waals surface area contributed by atoms with Crippen molar-refractivity contribution in [2.45, 2.75) is 25.8 Å². The second-order valence-electron chi connectivity index (χ2n) is 7.20. The number of nitrogens with zero attached hydrogens (tertiary/aromatic N) is 1. The molecule has 8 heteroatoms. The number of rotatable bonds is 3. The summed E-state index contributed by atoms with van der Waals surface area (Å²) in [5.41, 5.74) is -0.394. The second-order valence-corrected chi connectivity index (χ2v) is 7.20. The number of benzene rings is 1. The van der Waals surface area contributed by atoms with E-state index in [0.717, 1.165) is 0 Å². The molecule has 2 aliphatic rings. The standard InChI is InChI=1S/C18H21N3O5/c1-10-6-12(15(23)24)9-21(8-10)14(22)11-4-3-5-13(7-11)18(2)16(25)19-17(26)20-18/h3-5,7,10,12H,6,8-9H2,1-2H3,(H,23,24)(H2,19,20,25,26). The quantitative estimate of drug-likeness (QED) is 0.694. The monoisotopic (exact) mass is 359 g/mol. The molecular weight excluding hydrogens is 338 g/mol. The number of hydrogen-bond acceptors (Lipinski definition) is 4. The molecule has 1 aromatic rings. The predicted octanol–water partition coefficient (Wildman–Crippen LogP) is 0.924. The van der Waals surface area contributed by atoms with Crippen molar-refractivity contribution in [3.63, 3.8) is 0 Å². The van der Waals surface area contributed by atoms with Gasteiger partial charge >= 0.3 is 12.0 Å². The molecule has 3 atom stereocenters. The van der Waals surface area contributed by atoms with Gasteiger partial charge in [-0.15, -0.1) is 0 Å². The van der Waals surface area contributed by atoms with Crippen LogP contribution in [0, 0.1) is 11.8 Å². The second kappa shape index (κ2) is 6.44. The maximum Gasteiger partial charge on any atom is 0.322 e. The van der Waals surface area contributed by atoms with Crippen molar-refractivity contribution in [2.75, 3.05) is 13.1 Å². The van der Waals surface area contributed by atoms with E-state index in [0.29, 0.717) is 24.1 Å². The summed E-state index contributed by atoms with van der Waals surface area (Å²) < 4.78 is 0. The van der Waals surface area contributed by atoms with Gasteiger partial charge in [0.1, 0.15) is 5.54 Å². The fourth-order valence-corrected chi connectivity index (χ4v) is 3.59. The number of carboxylic acid groups (broad SMARTS) is 1. The molecule has 2 saturated heterocycles. The summed E-state index contributed by atoms with van der Waals surface area (Å²) in [7, 11) is 0. The number of hydrogen-bond donors (Lipinski definition) is 3. The minimum Gasteiger partial charge on any atom is -0.481 e. The van der Waals surface area contributed by atoms with Crippen molar-refractivity contribution >= 4 is 23.8 Å². The van der Waals surface area contributed by atoms with Gasteiger partial charge < -0.3 is 15.3 Å². The molecule has 1 aromatic carbocycles. The van der Waals surface area contributed by atoms with E-state index >= 15 is 0 Å². The third-order valence-corrected chi connectivity index (χ3v) is 5.03. The summed E-state index contributed by atoms with van der Waals surface area (Å²) >= 11 is 0. The summed E-state index contributed by atoms with van der Waals surface area (Å²) in [6.45, 7) is 4.14. The summed E-state index contributed by atoms with van der Waals surface area (Å²) in [5, 5.41) is 14.0. The van der Waals surface area contributed by atoms with E-state index in [4.69, 9.17) is 0 Å². The van der Waals surface area contributed by atoms with Crippen molar-refractivity contribution in [2.24, 2.45) is 11.8 Å². The Balaban J connectivity index is 1.86. The number of carboxylic acids is 1. The van der Waals surface area contributed by atoms with E-state index in [1.54, 1.807) is 36.1 Å². The van der Waals surface area contributed by atoms with Crippen LogP contribution in [0.25, 0.3) is 0 Å². The molecule has 0 radical (unpaired) electrons. The average Bonchev–Trinajstić information content (AvgIpc) is 2.87. The lowest BCUT2D eigenvalue weighted by molar-refractivity contribution is -0.143. The van der Waals surface area contributed by atoms with Gasteiger partial charge in [-0.05, 0) is 37.0 Å². The Hall–Kier alpha value is -2.90. The first-order valence-corrected chi connectivity index (χ1v) is 8.47. The van der Waals surface area contributed by atoms with Crippen molar-refractivity contribution < 1.29 is 24.3 Å². The molecule has 0 saturated carbocycles. The van der Waals surface area contributed by atoms with Gasteiger partial charge in [0, 0.05) is 18.7 Å². The number of urea groups is 1. The Kier molecular flexibility index (Phi) is 4.43. The summed E-state index contributed by atoms with van der Waals surface area (Å²) in [6.07, 6.45) is 0.545. The molecule has 2 heterocycles. The van der Waals surface area contributed by atoms with Gasteiger partial charge in [-0.3, -0.25) is 19.7 Å². The fraction of sp³-hybridized carbons (Fsp3) is 0.444. The van der Waals surface area contributed by atoms with Crippen LogP contribution in [-0.4, -0.2) is 46.9 Å². The lowest BCUT2D eigenvalue weighted by atomic mass is 9.89. The molecule has 0 spiro atoms. The number of piperidine rings is 1. The van der Waals surface area contributed by atoms with Crippen LogP contribution in [0.5, 0.6) is 0 Å². The Morgan fingerprint density at radius 2 is 2.00 bits per heavy atom. The first kappa shape index (κ1) is 17.9. The van der Waals surface area contributed by atoms with Gasteiger partial charge in [-0.1, -0.05) is 19.1 Å². The van der Waals surface area contributed by atoms with Crippen molar-refractivity contribution in [3.8, 4) is 0 Å². The zero-order valence-corrected chi connectivity index (χ0v) is 14.6. The molecule has 2 fully saturated rings. The van der Waals surface area contributed by atoms with Gasteiger partial charge in [-0.25, -0.2) is 4.79 Å². The molecule has 3 unspecified atom stereocenters. The third-order valence-electron chi connectivity index (χ3n) is 5.03. The molecular formula is C18H21N3O5. The zero-order chi connectivity index (χ0) is 19.1. The highest BCUT2D eigenvalue weighted by molar-refractivity contribution is 6.07. The van der Waals surface area contributed by atoms with Crippen molar-refractivity contribution in [1.82, 2.24) is 15.5 Å². The van der Waals surface area contributed by atoms with Gasteiger partial charge in [0.2, 0.25) is 0 Å². The molecule has 2 aliphatic heterocycles. The fourth-order valence-electron chi connectivity index (χ4n) is 3.59. The molecule has 3 rings (SSSR count). The Labute approximate surface area is 150 Å². The highest BCUT2D eigenvalue weighted by atomic mass is 16.4. The molecule has 0 aromatic heterocycles. The number of carbonyl (C=O) groups excluding carboxylic acids is 3. The van der Waals surface area contributed by atoms with Crippen LogP contribution in [0.1, 0.15) is 36.2 Å². The maximum absolute atomic E-state index is 12.9. The van der Waals surface area contributed by atoms with Crippen LogP contribution in [0.4, 0.5) is 4.79 Å². The Morgan fingerprint density at radius 1 is 1.27 bits per heavy atom. The zero-order valence-electron chi connectivity index (χ0n) is 14.6. The Bertz CT molecular complexity index is 793. The molecule has 3 N–H and O–H groups in total. The lowest BCUT2D eigenvalue weighted by Gasteiger charge is -2.35. The minimum atomic E-state index is -1.24. The van der Waals surface area contributed by atoms with E-state index in [1.807, 2.05) is 6.92 Å². The highest BCUT2D eigenvalue weighted by Crippen LogP contribution is 2.27. The molecule has 0 aliphatic carbocycles. The number of nitrogens with one attached hydrogen (secondary N) is 2. The van der Waals surface area contributed by atoms with Gasteiger partial charge in [0.25, 0.3) is 11.8 Å². The molecule has 26 heavy (non-hydrogen) atoms. The number of aliphatic carboxylic acids is 1. The summed E-state index contributed by atoms with van der Waals surface area (Å²) in [5.74, 6) is -2.15. The molecule has 0 bridgehead atoms. The normalized spacial score (nSPS) is 28.5. The molecule has 8 nitrogen and oxygen atoms in total. The topological polar surface area (TPSA) is 116 Å². The van der Waals surface area contributed by atoms with E-state index < -0.39 is 29.4 Å². The third kappa shape index (κ3) is 3.14. The summed E-state index contributed by atoms with van der Waals surface area (Å²) in [4.78, 5) is 49.3. The van der Waals surface area contributed by atoms with Crippen LogP contribution in [-0.2, 0) is 15.1 Å². The first-order valence-electron chi connectivity index (χ1n) is 8.47. The first-order chi connectivity index (χ1) is 12.2. The number of imide groups is 1. The smallest absolute Gasteiger partial charge is 0.322 e. The highest BCUT2D eigenvalue weighted by Gasteiger charge is 2.43. The van der Waals surface area contributed by atoms with E-state index in [-0.39, 0.29) is 18.4 Å².